The minimum Gasteiger partial charge on any atom is -0.424 e. The molecule has 0 radical (unpaired) electrons. The Morgan fingerprint density at radius 2 is 2.00 bits per heavy atom. The van der Waals surface area contributed by atoms with Gasteiger partial charge in [-0.3, -0.25) is 0 Å². The Morgan fingerprint density at radius 1 is 1.13 bits per heavy atom. The summed E-state index contributed by atoms with van der Waals surface area (Å²) in [7, 11) is 0. The zero-order valence-corrected chi connectivity index (χ0v) is 12.5. The lowest BCUT2D eigenvalue weighted by atomic mass is 9.98. The third-order valence-corrected chi connectivity index (χ3v) is 4.13. The predicted molar refractivity (Wildman–Crippen MR) is 85.7 cm³/mol. The van der Waals surface area contributed by atoms with Crippen molar-refractivity contribution in [2.45, 2.75) is 25.0 Å². The van der Waals surface area contributed by atoms with Crippen LogP contribution in [0.2, 0.25) is 0 Å². The molecule has 2 atom stereocenters. The molecule has 1 aliphatic rings. The highest BCUT2D eigenvalue weighted by atomic mass is 19.1. The number of ether oxygens (including phenoxy) is 1. The molecule has 1 saturated heterocycles. The first-order chi connectivity index (χ1) is 11.3. The molecule has 5 heteroatoms. The van der Waals surface area contributed by atoms with E-state index < -0.39 is 0 Å². The lowest BCUT2D eigenvalue weighted by Crippen LogP contribution is -2.30. The molecule has 4 nitrogen and oxygen atoms in total. The standard InChI is InChI=1S/C18H17FN2O2/c19-13-6-7-16-15(10-13)21-18(23-16)20-14-8-9-22-17(11-14)12-4-2-1-3-5-12/h1-7,10,14,17H,8-9,11H2,(H,20,21). The monoisotopic (exact) mass is 312 g/mol. The summed E-state index contributed by atoms with van der Waals surface area (Å²) in [4.78, 5) is 4.31. The highest BCUT2D eigenvalue weighted by Crippen LogP contribution is 2.30. The van der Waals surface area contributed by atoms with Crippen molar-refractivity contribution >= 4 is 17.1 Å². The predicted octanol–water partition coefficient (Wildman–Crippen LogP) is 4.30. The van der Waals surface area contributed by atoms with Gasteiger partial charge in [-0.1, -0.05) is 30.3 Å². The van der Waals surface area contributed by atoms with Gasteiger partial charge in [0.05, 0.1) is 6.10 Å². The number of halogens is 1. The molecular weight excluding hydrogens is 295 g/mol. The average Bonchev–Trinajstić information content (AvgIpc) is 2.97. The topological polar surface area (TPSA) is 47.3 Å². The molecule has 1 N–H and O–H groups in total. The lowest BCUT2D eigenvalue weighted by molar-refractivity contribution is 0.00950. The molecule has 1 aliphatic heterocycles. The van der Waals surface area contributed by atoms with Crippen LogP contribution in [0.25, 0.3) is 11.1 Å². The molecule has 0 saturated carbocycles. The molecule has 4 rings (SSSR count). The molecular formula is C18H17FN2O2. The van der Waals surface area contributed by atoms with E-state index in [1.54, 1.807) is 6.07 Å². The third-order valence-electron chi connectivity index (χ3n) is 4.13. The van der Waals surface area contributed by atoms with Crippen LogP contribution in [0.15, 0.2) is 52.9 Å². The van der Waals surface area contributed by atoms with E-state index in [-0.39, 0.29) is 18.0 Å². The maximum Gasteiger partial charge on any atom is 0.295 e. The summed E-state index contributed by atoms with van der Waals surface area (Å²) in [6.45, 7) is 0.687. The normalized spacial score (nSPS) is 21.4. The van der Waals surface area contributed by atoms with E-state index in [4.69, 9.17) is 9.15 Å². The number of anilines is 1. The molecule has 23 heavy (non-hydrogen) atoms. The number of oxazole rings is 1. The van der Waals surface area contributed by atoms with Crippen LogP contribution < -0.4 is 5.32 Å². The van der Waals surface area contributed by atoms with Gasteiger partial charge in [-0.05, 0) is 30.5 Å². The summed E-state index contributed by atoms with van der Waals surface area (Å²) in [5.74, 6) is -0.312. The molecule has 0 amide bonds. The molecule has 0 bridgehead atoms. The van der Waals surface area contributed by atoms with Gasteiger partial charge >= 0.3 is 0 Å². The Hall–Kier alpha value is -2.40. The second-order valence-corrected chi connectivity index (χ2v) is 5.77. The van der Waals surface area contributed by atoms with Crippen LogP contribution in [-0.4, -0.2) is 17.6 Å². The lowest BCUT2D eigenvalue weighted by Gasteiger charge is -2.30. The van der Waals surface area contributed by atoms with Crippen molar-refractivity contribution < 1.29 is 13.5 Å². The Morgan fingerprint density at radius 3 is 2.87 bits per heavy atom. The number of aromatic nitrogens is 1. The van der Waals surface area contributed by atoms with Gasteiger partial charge in [0.15, 0.2) is 5.58 Å². The first-order valence-corrected chi connectivity index (χ1v) is 7.77. The average molecular weight is 312 g/mol. The quantitative estimate of drug-likeness (QED) is 0.783. The van der Waals surface area contributed by atoms with E-state index >= 15 is 0 Å². The van der Waals surface area contributed by atoms with Gasteiger partial charge in [0.2, 0.25) is 0 Å². The SMILES string of the molecule is Fc1ccc2oc(NC3CCOC(c4ccccc4)C3)nc2c1. The van der Waals surface area contributed by atoms with E-state index in [9.17, 15) is 4.39 Å². The summed E-state index contributed by atoms with van der Waals surface area (Å²) in [5.41, 5.74) is 2.29. The van der Waals surface area contributed by atoms with E-state index in [0.29, 0.717) is 23.7 Å². The van der Waals surface area contributed by atoms with Crippen LogP contribution in [0.1, 0.15) is 24.5 Å². The molecule has 0 aliphatic carbocycles. The number of rotatable bonds is 3. The van der Waals surface area contributed by atoms with Crippen molar-refractivity contribution in [3.05, 3.63) is 59.9 Å². The number of hydrogen-bond acceptors (Lipinski definition) is 4. The maximum absolute atomic E-state index is 13.2. The third kappa shape index (κ3) is 3.05. The van der Waals surface area contributed by atoms with Crippen LogP contribution in [0.4, 0.5) is 10.4 Å². The highest BCUT2D eigenvalue weighted by Gasteiger charge is 2.24. The van der Waals surface area contributed by atoms with Crippen LogP contribution in [0.5, 0.6) is 0 Å². The minimum atomic E-state index is -0.312. The first kappa shape index (κ1) is 14.2. The van der Waals surface area contributed by atoms with E-state index in [1.165, 1.54) is 17.7 Å². The van der Waals surface area contributed by atoms with Crippen molar-refractivity contribution in [1.82, 2.24) is 4.98 Å². The van der Waals surface area contributed by atoms with Crippen molar-refractivity contribution in [1.29, 1.82) is 0 Å². The van der Waals surface area contributed by atoms with Gasteiger partial charge in [0, 0.05) is 18.7 Å². The minimum absolute atomic E-state index is 0.0734. The molecule has 2 unspecified atom stereocenters. The largest absolute Gasteiger partial charge is 0.424 e. The van der Waals surface area contributed by atoms with Crippen LogP contribution in [-0.2, 0) is 4.74 Å². The summed E-state index contributed by atoms with van der Waals surface area (Å²) >= 11 is 0. The summed E-state index contributed by atoms with van der Waals surface area (Å²) in [6.07, 6.45) is 1.80. The molecule has 0 spiro atoms. The summed E-state index contributed by atoms with van der Waals surface area (Å²) < 4.78 is 24.7. The summed E-state index contributed by atoms with van der Waals surface area (Å²) in [6, 6.07) is 15.2. The number of hydrogen-bond donors (Lipinski definition) is 1. The Kier molecular flexibility index (Phi) is 3.71. The van der Waals surface area contributed by atoms with E-state index in [0.717, 1.165) is 12.8 Å². The summed E-state index contributed by atoms with van der Waals surface area (Å²) in [5, 5.41) is 3.31. The smallest absolute Gasteiger partial charge is 0.295 e. The van der Waals surface area contributed by atoms with Gasteiger partial charge in [0.1, 0.15) is 11.3 Å². The van der Waals surface area contributed by atoms with E-state index in [1.807, 2.05) is 18.2 Å². The molecule has 3 aromatic rings. The number of nitrogens with one attached hydrogen (secondary N) is 1. The first-order valence-electron chi connectivity index (χ1n) is 7.77. The van der Waals surface area contributed by atoms with Crippen molar-refractivity contribution in [3.8, 4) is 0 Å². The molecule has 2 aromatic carbocycles. The number of fused-ring (bicyclic) bond motifs is 1. The second-order valence-electron chi connectivity index (χ2n) is 5.77. The van der Waals surface area contributed by atoms with Gasteiger partial charge < -0.3 is 14.5 Å². The Balaban J connectivity index is 1.49. The molecule has 1 fully saturated rings. The van der Waals surface area contributed by atoms with Crippen molar-refractivity contribution in [3.63, 3.8) is 0 Å². The Bertz CT molecular complexity index is 803. The number of nitrogens with zero attached hydrogens (tertiary/aromatic N) is 1. The fourth-order valence-electron chi connectivity index (χ4n) is 2.96. The zero-order chi connectivity index (χ0) is 15.6. The highest BCUT2D eigenvalue weighted by molar-refractivity contribution is 5.74. The van der Waals surface area contributed by atoms with Crippen molar-refractivity contribution in [2.24, 2.45) is 0 Å². The van der Waals surface area contributed by atoms with Gasteiger partial charge in [0.25, 0.3) is 6.01 Å². The van der Waals surface area contributed by atoms with E-state index in [2.05, 4.69) is 22.4 Å². The Labute approximate surface area is 133 Å². The van der Waals surface area contributed by atoms with Crippen LogP contribution in [0.3, 0.4) is 0 Å². The fourth-order valence-corrected chi connectivity index (χ4v) is 2.96. The molecule has 1 aromatic heterocycles. The number of benzene rings is 2. The molecule has 2 heterocycles. The van der Waals surface area contributed by atoms with Crippen LogP contribution in [0, 0.1) is 5.82 Å². The zero-order valence-electron chi connectivity index (χ0n) is 12.5. The van der Waals surface area contributed by atoms with Gasteiger partial charge in [-0.2, -0.15) is 4.98 Å². The maximum atomic E-state index is 13.2. The second kappa shape index (κ2) is 6.01. The van der Waals surface area contributed by atoms with Crippen molar-refractivity contribution in [2.75, 3.05) is 11.9 Å². The van der Waals surface area contributed by atoms with Gasteiger partial charge in [-0.15, -0.1) is 0 Å². The molecule has 118 valence electrons. The van der Waals surface area contributed by atoms with Crippen LogP contribution >= 0.6 is 0 Å². The fraction of sp³-hybridized carbons (Fsp3) is 0.278. The van der Waals surface area contributed by atoms with Gasteiger partial charge in [-0.25, -0.2) is 4.39 Å².